The molecule has 0 unspecified atom stereocenters. The maximum Gasteiger partial charge on any atom is 0.416 e. The monoisotopic (exact) mass is 390 g/mol. The molecule has 0 fully saturated rings. The maximum atomic E-state index is 12.7. The smallest absolute Gasteiger partial charge is 0.334 e. The molecule has 0 bridgehead atoms. The fourth-order valence-corrected chi connectivity index (χ4v) is 2.28. The van der Waals surface area contributed by atoms with Crippen LogP contribution in [-0.4, -0.2) is 19.9 Å². The molecule has 11 heteroatoms. The van der Waals surface area contributed by atoms with Crippen LogP contribution in [-0.2, 0) is 6.18 Å². The van der Waals surface area contributed by atoms with Crippen molar-refractivity contribution >= 4 is 28.8 Å². The van der Waals surface area contributed by atoms with Gasteiger partial charge in [0.15, 0.2) is 0 Å². The zero-order valence-corrected chi connectivity index (χ0v) is 14.4. The number of rotatable bonds is 5. The molecular weight excluding hydrogens is 377 g/mol. The van der Waals surface area contributed by atoms with Crippen LogP contribution >= 0.6 is 0 Å². The van der Waals surface area contributed by atoms with E-state index in [1.54, 1.807) is 18.3 Å². The van der Waals surface area contributed by atoms with Gasteiger partial charge < -0.3 is 10.6 Å². The Morgan fingerprint density at radius 1 is 0.964 bits per heavy atom. The number of hydrogen-bond donors (Lipinski definition) is 2. The highest BCUT2D eigenvalue weighted by Crippen LogP contribution is 2.34. The van der Waals surface area contributed by atoms with Gasteiger partial charge in [-0.15, -0.1) is 0 Å². The minimum atomic E-state index is -4.47. The second-order valence-corrected chi connectivity index (χ2v) is 5.72. The molecule has 0 aliphatic rings. The number of nitrogens with one attached hydrogen (secondary N) is 2. The zero-order valence-electron chi connectivity index (χ0n) is 14.4. The first kappa shape index (κ1) is 19.0. The molecule has 2 heterocycles. The van der Waals surface area contributed by atoms with E-state index in [0.717, 1.165) is 36.2 Å². The largest absolute Gasteiger partial charge is 0.416 e. The molecule has 3 aromatic rings. The Morgan fingerprint density at radius 3 is 2.14 bits per heavy atom. The molecule has 2 aromatic heterocycles. The fourth-order valence-electron chi connectivity index (χ4n) is 2.28. The van der Waals surface area contributed by atoms with Gasteiger partial charge in [-0.25, -0.2) is 15.0 Å². The number of aryl methyl sites for hydroxylation is 1. The first-order chi connectivity index (χ1) is 13.2. The number of nitro groups is 1. The number of benzene rings is 1. The average molecular weight is 390 g/mol. The highest BCUT2D eigenvalue weighted by molar-refractivity contribution is 5.76. The number of aromatic nitrogens is 3. The van der Waals surface area contributed by atoms with E-state index >= 15 is 0 Å². The van der Waals surface area contributed by atoms with Crippen molar-refractivity contribution in [2.75, 3.05) is 10.6 Å². The van der Waals surface area contributed by atoms with Crippen LogP contribution in [0, 0.1) is 17.0 Å². The van der Waals surface area contributed by atoms with Crippen LogP contribution < -0.4 is 10.6 Å². The molecule has 0 radical (unpaired) electrons. The van der Waals surface area contributed by atoms with Crippen LogP contribution in [0.3, 0.4) is 0 Å². The highest BCUT2D eigenvalue weighted by atomic mass is 19.4. The van der Waals surface area contributed by atoms with E-state index in [1.807, 2.05) is 6.92 Å². The first-order valence-corrected chi connectivity index (χ1v) is 7.87. The van der Waals surface area contributed by atoms with Crippen molar-refractivity contribution in [1.82, 2.24) is 15.0 Å². The van der Waals surface area contributed by atoms with Crippen LogP contribution in [0.15, 0.2) is 48.9 Å². The van der Waals surface area contributed by atoms with Gasteiger partial charge in [-0.05, 0) is 42.8 Å². The van der Waals surface area contributed by atoms with Gasteiger partial charge in [0.25, 0.3) is 0 Å². The summed E-state index contributed by atoms with van der Waals surface area (Å²) in [6, 6.07) is 7.44. The van der Waals surface area contributed by atoms with E-state index in [1.165, 1.54) is 0 Å². The lowest BCUT2D eigenvalue weighted by Gasteiger charge is -2.11. The molecule has 144 valence electrons. The topological polar surface area (TPSA) is 106 Å². The molecule has 0 aliphatic heterocycles. The van der Waals surface area contributed by atoms with Gasteiger partial charge in [0, 0.05) is 11.9 Å². The molecule has 0 amide bonds. The minimum Gasteiger partial charge on any atom is -0.334 e. The average Bonchev–Trinajstić information content (AvgIpc) is 2.63. The Bertz CT molecular complexity index is 991. The number of hydrogen-bond acceptors (Lipinski definition) is 7. The molecule has 1 aromatic carbocycles. The molecule has 0 saturated carbocycles. The van der Waals surface area contributed by atoms with Crippen molar-refractivity contribution in [1.29, 1.82) is 0 Å². The lowest BCUT2D eigenvalue weighted by atomic mass is 10.2. The van der Waals surface area contributed by atoms with Gasteiger partial charge in [0.2, 0.25) is 11.6 Å². The van der Waals surface area contributed by atoms with Crippen molar-refractivity contribution in [2.45, 2.75) is 13.1 Å². The van der Waals surface area contributed by atoms with E-state index in [2.05, 4.69) is 25.6 Å². The summed E-state index contributed by atoms with van der Waals surface area (Å²) in [5, 5.41) is 16.9. The highest BCUT2D eigenvalue weighted by Gasteiger charge is 2.30. The lowest BCUT2D eigenvalue weighted by Crippen LogP contribution is -2.07. The quantitative estimate of drug-likeness (QED) is 0.485. The number of halogens is 3. The van der Waals surface area contributed by atoms with Gasteiger partial charge in [-0.2, -0.15) is 13.2 Å². The SMILES string of the molecule is Cc1ccc(Nc2ncnc(Nc3ccc(C(F)(F)F)cc3)c2[N+](=O)[O-])nc1. The summed E-state index contributed by atoms with van der Waals surface area (Å²) in [5.41, 5.74) is -0.186. The summed E-state index contributed by atoms with van der Waals surface area (Å²) in [7, 11) is 0. The molecule has 3 rings (SSSR count). The molecule has 0 aliphatic carbocycles. The van der Waals surface area contributed by atoms with Gasteiger partial charge in [-0.1, -0.05) is 6.07 Å². The third-order valence-electron chi connectivity index (χ3n) is 3.64. The second-order valence-electron chi connectivity index (χ2n) is 5.72. The van der Waals surface area contributed by atoms with Gasteiger partial charge >= 0.3 is 11.9 Å². The third-order valence-corrected chi connectivity index (χ3v) is 3.64. The summed E-state index contributed by atoms with van der Waals surface area (Å²) in [6.45, 7) is 1.84. The van der Waals surface area contributed by atoms with E-state index in [4.69, 9.17) is 0 Å². The Kier molecular flexibility index (Phi) is 5.07. The van der Waals surface area contributed by atoms with E-state index in [9.17, 15) is 23.3 Å². The Labute approximate surface area is 156 Å². The summed E-state index contributed by atoms with van der Waals surface area (Å²) in [4.78, 5) is 22.7. The summed E-state index contributed by atoms with van der Waals surface area (Å²) >= 11 is 0. The van der Waals surface area contributed by atoms with Crippen molar-refractivity contribution < 1.29 is 18.1 Å². The predicted molar refractivity (Wildman–Crippen MR) is 95.7 cm³/mol. The number of alkyl halides is 3. The second kappa shape index (κ2) is 7.47. The van der Waals surface area contributed by atoms with Crippen molar-refractivity contribution in [3.05, 3.63) is 70.2 Å². The maximum absolute atomic E-state index is 12.7. The summed E-state index contributed by atoms with van der Waals surface area (Å²) in [5.74, 6) is 0.0630. The van der Waals surface area contributed by atoms with Crippen LogP contribution in [0.4, 0.5) is 42.0 Å². The Hall–Kier alpha value is -3.76. The third kappa shape index (κ3) is 4.31. The summed E-state index contributed by atoms with van der Waals surface area (Å²) in [6.07, 6.45) is -1.80. The molecule has 8 nitrogen and oxygen atoms in total. The molecule has 2 N–H and O–H groups in total. The fraction of sp³-hybridized carbons (Fsp3) is 0.118. The van der Waals surface area contributed by atoms with Gasteiger partial charge in [-0.3, -0.25) is 10.1 Å². The summed E-state index contributed by atoms with van der Waals surface area (Å²) < 4.78 is 38.0. The van der Waals surface area contributed by atoms with Crippen molar-refractivity contribution in [3.63, 3.8) is 0 Å². The van der Waals surface area contributed by atoms with Crippen LogP contribution in [0.5, 0.6) is 0 Å². The van der Waals surface area contributed by atoms with E-state index < -0.39 is 22.4 Å². The van der Waals surface area contributed by atoms with Crippen molar-refractivity contribution in [2.24, 2.45) is 0 Å². The van der Waals surface area contributed by atoms with Gasteiger partial charge in [0.05, 0.1) is 10.5 Å². The lowest BCUT2D eigenvalue weighted by molar-refractivity contribution is -0.383. The zero-order chi connectivity index (χ0) is 20.3. The number of pyridine rings is 1. The minimum absolute atomic E-state index is 0.106. The van der Waals surface area contributed by atoms with Crippen LogP contribution in [0.2, 0.25) is 0 Å². The normalized spacial score (nSPS) is 11.1. The molecule has 0 saturated heterocycles. The van der Waals surface area contributed by atoms with Gasteiger partial charge in [0.1, 0.15) is 12.1 Å². The number of nitrogens with zero attached hydrogens (tertiary/aromatic N) is 4. The Balaban J connectivity index is 1.91. The standard InChI is InChI=1S/C17H13F3N6O2/c1-10-2-7-13(21-8-10)25-16-14(26(27)28)15(22-9-23-16)24-12-5-3-11(4-6-12)17(18,19)20/h2-9H,1H3,(H2,21,22,23,24,25). The van der Waals surface area contributed by atoms with E-state index in [0.29, 0.717) is 5.82 Å². The predicted octanol–water partition coefficient (Wildman–Crippen LogP) is 4.59. The first-order valence-electron chi connectivity index (χ1n) is 7.87. The van der Waals surface area contributed by atoms with E-state index in [-0.39, 0.29) is 17.3 Å². The molecule has 0 spiro atoms. The molecule has 0 atom stereocenters. The molecular formula is C17H13F3N6O2. The molecule has 28 heavy (non-hydrogen) atoms. The van der Waals surface area contributed by atoms with Crippen LogP contribution in [0.1, 0.15) is 11.1 Å². The Morgan fingerprint density at radius 2 is 1.61 bits per heavy atom. The van der Waals surface area contributed by atoms with Crippen LogP contribution in [0.25, 0.3) is 0 Å². The van der Waals surface area contributed by atoms with Crippen molar-refractivity contribution in [3.8, 4) is 0 Å². The number of anilines is 4.